The van der Waals surface area contributed by atoms with Crippen LogP contribution < -0.4 is 0 Å². The van der Waals surface area contributed by atoms with Gasteiger partial charge >= 0.3 is 0 Å². The van der Waals surface area contributed by atoms with Gasteiger partial charge in [-0.05, 0) is 5.56 Å². The molecule has 0 heterocycles. The highest BCUT2D eigenvalue weighted by molar-refractivity contribution is 6.49. The van der Waals surface area contributed by atoms with Crippen LogP contribution in [0.2, 0.25) is 0 Å². The van der Waals surface area contributed by atoms with Crippen LogP contribution in [-0.2, 0) is 0 Å². The largest absolute Gasteiger partial charge is 0.285 e. The molecule has 2 nitrogen and oxygen atoms in total. The van der Waals surface area contributed by atoms with Gasteiger partial charge in [0.2, 0.25) is 11.6 Å². The summed E-state index contributed by atoms with van der Waals surface area (Å²) in [6.07, 6.45) is 1.57. The summed E-state index contributed by atoms with van der Waals surface area (Å²) in [7, 11) is 0. The molecule has 0 aromatic heterocycles. The molecule has 0 saturated carbocycles. The Morgan fingerprint density at radius 3 is 2.11 bits per heavy atom. The zero-order valence-corrected chi connectivity index (χ0v) is 9.80. The highest BCUT2D eigenvalue weighted by Gasteiger charge is 2.19. The molecule has 88 valence electrons. The monoisotopic (exact) mass is 236 g/mol. The first kappa shape index (κ1) is 12.0. The number of Topliss-reactive ketones (excluding diaryl/α,β-unsaturated/α-hetero) is 2. The lowest BCUT2D eigenvalue weighted by molar-refractivity contribution is 0.0817. The Kier molecular flexibility index (Phi) is 3.49. The highest BCUT2D eigenvalue weighted by atomic mass is 16.2. The quantitative estimate of drug-likeness (QED) is 0.602. The molecule has 0 fully saturated rings. The van der Waals surface area contributed by atoms with E-state index in [1.165, 1.54) is 0 Å². The summed E-state index contributed by atoms with van der Waals surface area (Å²) >= 11 is 0. The Hall–Kier alpha value is -2.48. The van der Waals surface area contributed by atoms with Gasteiger partial charge in [0, 0.05) is 11.1 Å². The van der Waals surface area contributed by atoms with E-state index in [4.69, 9.17) is 0 Å². The van der Waals surface area contributed by atoms with Gasteiger partial charge in [-0.15, -0.1) is 0 Å². The second-order valence-electron chi connectivity index (χ2n) is 3.82. The van der Waals surface area contributed by atoms with Crippen molar-refractivity contribution >= 4 is 17.6 Å². The van der Waals surface area contributed by atoms with E-state index in [2.05, 4.69) is 6.58 Å². The van der Waals surface area contributed by atoms with Crippen molar-refractivity contribution in [3.63, 3.8) is 0 Å². The van der Waals surface area contributed by atoms with Crippen molar-refractivity contribution in [3.8, 4) is 0 Å². The normalized spacial score (nSPS) is 9.78. The Morgan fingerprint density at radius 2 is 1.44 bits per heavy atom. The minimum Gasteiger partial charge on any atom is -0.285 e. The van der Waals surface area contributed by atoms with Crippen molar-refractivity contribution < 1.29 is 9.59 Å². The molecule has 2 rings (SSSR count). The lowest BCUT2D eigenvalue weighted by Gasteiger charge is -2.04. The van der Waals surface area contributed by atoms with E-state index in [0.29, 0.717) is 16.7 Å². The van der Waals surface area contributed by atoms with E-state index in [-0.39, 0.29) is 0 Å². The number of rotatable bonds is 4. The topological polar surface area (TPSA) is 34.1 Å². The van der Waals surface area contributed by atoms with E-state index >= 15 is 0 Å². The van der Waals surface area contributed by atoms with Crippen LogP contribution in [0, 0.1) is 0 Å². The third kappa shape index (κ3) is 2.28. The first-order valence-electron chi connectivity index (χ1n) is 5.59. The Balaban J connectivity index is 2.38. The molecule has 0 N–H and O–H groups in total. The number of hydrogen-bond acceptors (Lipinski definition) is 2. The van der Waals surface area contributed by atoms with Crippen LogP contribution in [0.1, 0.15) is 26.3 Å². The molecular formula is C16H12O2. The molecule has 0 aliphatic carbocycles. The number of ketones is 2. The molecule has 0 atom stereocenters. The number of benzene rings is 2. The summed E-state index contributed by atoms with van der Waals surface area (Å²) in [6.45, 7) is 3.64. The molecule has 0 saturated heterocycles. The average molecular weight is 236 g/mol. The Morgan fingerprint density at radius 1 is 0.833 bits per heavy atom. The minimum absolute atomic E-state index is 0.390. The molecule has 0 bridgehead atoms. The third-order valence-electron chi connectivity index (χ3n) is 2.67. The van der Waals surface area contributed by atoms with Crippen LogP contribution in [0.15, 0.2) is 61.2 Å². The van der Waals surface area contributed by atoms with E-state index in [0.717, 1.165) is 0 Å². The summed E-state index contributed by atoms with van der Waals surface area (Å²) in [5.74, 6) is -0.999. The maximum Gasteiger partial charge on any atom is 0.234 e. The predicted octanol–water partition coefficient (Wildman–Crippen LogP) is 3.40. The van der Waals surface area contributed by atoms with Crippen molar-refractivity contribution in [2.24, 2.45) is 0 Å². The van der Waals surface area contributed by atoms with Gasteiger partial charge in [-0.1, -0.05) is 67.3 Å². The summed E-state index contributed by atoms with van der Waals surface area (Å²) in [6, 6.07) is 15.5. The fourth-order valence-electron chi connectivity index (χ4n) is 1.72. The van der Waals surface area contributed by atoms with Gasteiger partial charge in [0.15, 0.2) is 0 Å². The Bertz CT molecular complexity index is 598. The fourth-order valence-corrected chi connectivity index (χ4v) is 1.72. The number of hydrogen-bond donors (Lipinski definition) is 0. The van der Waals surface area contributed by atoms with Gasteiger partial charge in [0.05, 0.1) is 0 Å². The van der Waals surface area contributed by atoms with Crippen LogP contribution in [0.3, 0.4) is 0 Å². The van der Waals surface area contributed by atoms with Crippen molar-refractivity contribution in [3.05, 3.63) is 77.9 Å². The molecule has 2 heteroatoms. The Labute approximate surface area is 106 Å². The number of carbonyl (C=O) groups is 2. The van der Waals surface area contributed by atoms with Crippen LogP contribution in [-0.4, -0.2) is 11.6 Å². The van der Waals surface area contributed by atoms with E-state index in [1.807, 2.05) is 0 Å². The molecule has 2 aromatic carbocycles. The predicted molar refractivity (Wildman–Crippen MR) is 71.6 cm³/mol. The van der Waals surface area contributed by atoms with Crippen molar-refractivity contribution in [1.29, 1.82) is 0 Å². The molecule has 0 aliphatic rings. The maximum atomic E-state index is 12.1. The molecule has 0 aliphatic heterocycles. The first-order chi connectivity index (χ1) is 8.74. The minimum atomic E-state index is -0.503. The first-order valence-corrected chi connectivity index (χ1v) is 5.59. The van der Waals surface area contributed by atoms with Crippen LogP contribution in [0.25, 0.3) is 6.08 Å². The molecule has 0 unspecified atom stereocenters. The van der Waals surface area contributed by atoms with Crippen LogP contribution in [0.4, 0.5) is 0 Å². The lowest BCUT2D eigenvalue weighted by Crippen LogP contribution is -2.15. The van der Waals surface area contributed by atoms with Crippen molar-refractivity contribution in [2.45, 2.75) is 0 Å². The fraction of sp³-hybridized carbons (Fsp3) is 0. The summed E-state index contributed by atoms with van der Waals surface area (Å²) < 4.78 is 0. The van der Waals surface area contributed by atoms with Crippen LogP contribution >= 0.6 is 0 Å². The van der Waals surface area contributed by atoms with Gasteiger partial charge in [0.1, 0.15) is 0 Å². The standard InChI is InChI=1S/C16H12O2/c1-2-12-8-6-7-11-14(12)16(18)15(17)13-9-4-3-5-10-13/h2-11H,1H2. The summed E-state index contributed by atoms with van der Waals surface area (Å²) in [4.78, 5) is 24.2. The molecule has 18 heavy (non-hydrogen) atoms. The van der Waals surface area contributed by atoms with E-state index in [9.17, 15) is 9.59 Å². The van der Waals surface area contributed by atoms with E-state index in [1.54, 1.807) is 60.7 Å². The van der Waals surface area contributed by atoms with E-state index < -0.39 is 11.6 Å². The zero-order valence-electron chi connectivity index (χ0n) is 9.80. The second kappa shape index (κ2) is 5.23. The SMILES string of the molecule is C=Cc1ccccc1C(=O)C(=O)c1ccccc1. The molecule has 0 radical (unpaired) electrons. The summed E-state index contributed by atoms with van der Waals surface area (Å²) in [5.41, 5.74) is 1.47. The zero-order chi connectivity index (χ0) is 13.0. The number of carbonyl (C=O) groups excluding carboxylic acids is 2. The average Bonchev–Trinajstić information content (AvgIpc) is 2.46. The lowest BCUT2D eigenvalue weighted by atomic mass is 9.97. The van der Waals surface area contributed by atoms with Gasteiger partial charge in [-0.2, -0.15) is 0 Å². The maximum absolute atomic E-state index is 12.1. The molecule has 0 amide bonds. The van der Waals surface area contributed by atoms with Gasteiger partial charge < -0.3 is 0 Å². The van der Waals surface area contributed by atoms with Gasteiger partial charge in [0.25, 0.3) is 0 Å². The summed E-state index contributed by atoms with van der Waals surface area (Å²) in [5, 5.41) is 0. The van der Waals surface area contributed by atoms with Gasteiger partial charge in [-0.25, -0.2) is 0 Å². The molecule has 0 spiro atoms. The van der Waals surface area contributed by atoms with Crippen molar-refractivity contribution in [2.75, 3.05) is 0 Å². The second-order valence-corrected chi connectivity index (χ2v) is 3.82. The molecular weight excluding hydrogens is 224 g/mol. The highest BCUT2D eigenvalue weighted by Crippen LogP contribution is 2.13. The van der Waals surface area contributed by atoms with Gasteiger partial charge in [-0.3, -0.25) is 9.59 Å². The van der Waals surface area contributed by atoms with Crippen molar-refractivity contribution in [1.82, 2.24) is 0 Å². The van der Waals surface area contributed by atoms with Crippen LogP contribution in [0.5, 0.6) is 0 Å². The molecule has 2 aromatic rings. The third-order valence-corrected chi connectivity index (χ3v) is 2.67. The smallest absolute Gasteiger partial charge is 0.234 e.